The molecule has 102 valence electrons. The number of nitrogens with one attached hydrogen (secondary N) is 1. The summed E-state index contributed by atoms with van der Waals surface area (Å²) in [5.74, 6) is 0.490. The van der Waals surface area contributed by atoms with Gasteiger partial charge in [-0.25, -0.2) is 14.6 Å². The van der Waals surface area contributed by atoms with Gasteiger partial charge in [-0.15, -0.1) is 0 Å². The van der Waals surface area contributed by atoms with E-state index in [0.717, 1.165) is 11.3 Å². The lowest BCUT2D eigenvalue weighted by Crippen LogP contribution is -2.05. The number of rotatable bonds is 4. The fourth-order valence-electron chi connectivity index (χ4n) is 1.97. The summed E-state index contributed by atoms with van der Waals surface area (Å²) in [6, 6.07) is 11.9. The predicted octanol–water partition coefficient (Wildman–Crippen LogP) is 2.15. The van der Waals surface area contributed by atoms with E-state index in [2.05, 4.69) is 20.4 Å². The van der Waals surface area contributed by atoms with Gasteiger partial charge in [-0.2, -0.15) is 10.4 Å². The maximum atomic E-state index is 8.98. The molecule has 2 heterocycles. The molecule has 0 spiro atoms. The van der Waals surface area contributed by atoms with Gasteiger partial charge in [-0.05, 0) is 23.8 Å². The van der Waals surface area contributed by atoms with Crippen molar-refractivity contribution in [1.29, 1.82) is 5.26 Å². The zero-order valence-electron chi connectivity index (χ0n) is 11.1. The Kier molecular flexibility index (Phi) is 3.56. The van der Waals surface area contributed by atoms with E-state index in [9.17, 15) is 0 Å². The van der Waals surface area contributed by atoms with E-state index >= 15 is 0 Å². The normalized spacial score (nSPS) is 10.0. The van der Waals surface area contributed by atoms with Gasteiger partial charge in [0.1, 0.15) is 6.07 Å². The van der Waals surface area contributed by atoms with Crippen LogP contribution in [0.25, 0.3) is 5.69 Å². The molecule has 3 rings (SSSR count). The number of hydrogen-bond donors (Lipinski definition) is 1. The van der Waals surface area contributed by atoms with E-state index in [-0.39, 0.29) is 0 Å². The minimum Gasteiger partial charge on any atom is -0.364 e. The molecule has 0 amide bonds. The second-order valence-electron chi connectivity index (χ2n) is 4.34. The van der Waals surface area contributed by atoms with Crippen LogP contribution in [0.15, 0.2) is 55.1 Å². The van der Waals surface area contributed by atoms with Gasteiger partial charge in [0.15, 0.2) is 11.5 Å². The van der Waals surface area contributed by atoms with Gasteiger partial charge >= 0.3 is 0 Å². The van der Waals surface area contributed by atoms with Crippen LogP contribution in [0.5, 0.6) is 0 Å². The lowest BCUT2D eigenvalue weighted by Gasteiger charge is -2.08. The molecule has 0 aliphatic rings. The van der Waals surface area contributed by atoms with E-state index < -0.39 is 0 Å². The van der Waals surface area contributed by atoms with E-state index in [1.54, 1.807) is 17.1 Å². The molecule has 0 saturated heterocycles. The number of nitriles is 1. The number of nitrogens with zero attached hydrogens (tertiary/aromatic N) is 5. The van der Waals surface area contributed by atoms with Crippen LogP contribution in [0.4, 0.5) is 5.82 Å². The molecular weight excluding hydrogens is 264 g/mol. The van der Waals surface area contributed by atoms with Crippen molar-refractivity contribution < 1.29 is 0 Å². The Labute approximate surface area is 121 Å². The smallest absolute Gasteiger partial charge is 0.182 e. The number of aromatic nitrogens is 4. The lowest BCUT2D eigenvalue weighted by molar-refractivity contribution is 0.877. The van der Waals surface area contributed by atoms with Gasteiger partial charge in [0, 0.05) is 31.3 Å². The Bertz CT molecular complexity index is 773. The summed E-state index contributed by atoms with van der Waals surface area (Å²) < 4.78 is 1.80. The third-order valence-electron chi connectivity index (χ3n) is 2.94. The third-order valence-corrected chi connectivity index (χ3v) is 2.94. The summed E-state index contributed by atoms with van der Waals surface area (Å²) in [5, 5.41) is 16.3. The Morgan fingerprint density at radius 2 is 2.05 bits per heavy atom. The fourth-order valence-corrected chi connectivity index (χ4v) is 1.97. The molecule has 0 aliphatic carbocycles. The highest BCUT2D eigenvalue weighted by atomic mass is 15.3. The average molecular weight is 276 g/mol. The van der Waals surface area contributed by atoms with E-state index in [1.165, 1.54) is 6.20 Å². The highest BCUT2D eigenvalue weighted by Gasteiger charge is 2.04. The molecule has 2 aromatic heterocycles. The van der Waals surface area contributed by atoms with Crippen LogP contribution >= 0.6 is 0 Å². The van der Waals surface area contributed by atoms with Gasteiger partial charge in [0.05, 0.1) is 5.69 Å². The summed E-state index contributed by atoms with van der Waals surface area (Å²) in [6.07, 6.45) is 6.69. The SMILES string of the molecule is N#Cc1nccnc1NCc1cccc(-n2cccn2)c1. The molecule has 0 atom stereocenters. The zero-order chi connectivity index (χ0) is 14.5. The molecule has 0 aliphatic heterocycles. The first kappa shape index (κ1) is 12.8. The minimum absolute atomic E-state index is 0.292. The van der Waals surface area contributed by atoms with Crippen molar-refractivity contribution in [2.45, 2.75) is 6.54 Å². The van der Waals surface area contributed by atoms with Crippen molar-refractivity contribution >= 4 is 5.82 Å². The maximum Gasteiger partial charge on any atom is 0.182 e. The molecular formula is C15H12N6. The Morgan fingerprint density at radius 1 is 1.14 bits per heavy atom. The van der Waals surface area contributed by atoms with Crippen molar-refractivity contribution in [2.75, 3.05) is 5.32 Å². The topological polar surface area (TPSA) is 79.4 Å². The summed E-state index contributed by atoms with van der Waals surface area (Å²) in [6.45, 7) is 0.558. The fraction of sp³-hybridized carbons (Fsp3) is 0.0667. The second kappa shape index (κ2) is 5.84. The first-order chi connectivity index (χ1) is 10.4. The maximum absolute atomic E-state index is 8.98. The lowest BCUT2D eigenvalue weighted by atomic mass is 10.2. The van der Waals surface area contributed by atoms with E-state index in [4.69, 9.17) is 5.26 Å². The molecule has 1 N–H and O–H groups in total. The van der Waals surface area contributed by atoms with Crippen molar-refractivity contribution in [3.63, 3.8) is 0 Å². The average Bonchev–Trinajstić information content (AvgIpc) is 3.08. The summed E-state index contributed by atoms with van der Waals surface area (Å²) >= 11 is 0. The number of benzene rings is 1. The van der Waals surface area contributed by atoms with Crippen LogP contribution in [0.1, 0.15) is 11.3 Å². The molecule has 21 heavy (non-hydrogen) atoms. The summed E-state index contributed by atoms with van der Waals surface area (Å²) in [7, 11) is 0. The largest absolute Gasteiger partial charge is 0.364 e. The second-order valence-corrected chi connectivity index (χ2v) is 4.34. The van der Waals surface area contributed by atoms with E-state index in [0.29, 0.717) is 18.1 Å². The molecule has 6 heteroatoms. The molecule has 0 unspecified atom stereocenters. The number of hydrogen-bond acceptors (Lipinski definition) is 5. The first-order valence-corrected chi connectivity index (χ1v) is 6.41. The minimum atomic E-state index is 0.292. The standard InChI is InChI=1S/C15H12N6/c16-10-14-15(18-7-6-17-14)19-11-12-3-1-4-13(9-12)21-8-2-5-20-21/h1-9H,11H2,(H,18,19). The van der Waals surface area contributed by atoms with Crippen molar-refractivity contribution in [2.24, 2.45) is 0 Å². The molecule has 0 bridgehead atoms. The Morgan fingerprint density at radius 3 is 2.86 bits per heavy atom. The van der Waals surface area contributed by atoms with Crippen LogP contribution in [0.3, 0.4) is 0 Å². The van der Waals surface area contributed by atoms with Gasteiger partial charge in [0.25, 0.3) is 0 Å². The molecule has 1 aromatic carbocycles. The Balaban J connectivity index is 1.77. The molecule has 6 nitrogen and oxygen atoms in total. The van der Waals surface area contributed by atoms with Crippen LogP contribution in [0, 0.1) is 11.3 Å². The molecule has 3 aromatic rings. The van der Waals surface area contributed by atoms with Crippen LogP contribution in [-0.4, -0.2) is 19.7 Å². The van der Waals surface area contributed by atoms with Crippen LogP contribution in [-0.2, 0) is 6.54 Å². The predicted molar refractivity (Wildman–Crippen MR) is 77.6 cm³/mol. The molecule has 0 saturated carbocycles. The zero-order valence-corrected chi connectivity index (χ0v) is 11.1. The third kappa shape index (κ3) is 2.87. The molecule has 0 radical (unpaired) electrons. The monoisotopic (exact) mass is 276 g/mol. The van der Waals surface area contributed by atoms with Crippen LogP contribution in [0.2, 0.25) is 0 Å². The highest BCUT2D eigenvalue weighted by molar-refractivity contribution is 5.47. The summed E-state index contributed by atoms with van der Waals surface area (Å²) in [5.41, 5.74) is 2.34. The van der Waals surface area contributed by atoms with Crippen molar-refractivity contribution in [3.05, 3.63) is 66.4 Å². The molecule has 0 fully saturated rings. The van der Waals surface area contributed by atoms with E-state index in [1.807, 2.05) is 42.6 Å². The summed E-state index contributed by atoms with van der Waals surface area (Å²) in [4.78, 5) is 8.09. The van der Waals surface area contributed by atoms with Crippen molar-refractivity contribution in [3.8, 4) is 11.8 Å². The quantitative estimate of drug-likeness (QED) is 0.789. The van der Waals surface area contributed by atoms with Gasteiger partial charge in [-0.3, -0.25) is 0 Å². The van der Waals surface area contributed by atoms with Gasteiger partial charge in [-0.1, -0.05) is 12.1 Å². The van der Waals surface area contributed by atoms with Crippen LogP contribution < -0.4 is 5.32 Å². The Hall–Kier alpha value is -3.20. The highest BCUT2D eigenvalue weighted by Crippen LogP contribution is 2.12. The number of anilines is 1. The van der Waals surface area contributed by atoms with Gasteiger partial charge < -0.3 is 5.32 Å². The van der Waals surface area contributed by atoms with Crippen molar-refractivity contribution in [1.82, 2.24) is 19.7 Å². The van der Waals surface area contributed by atoms with Gasteiger partial charge in [0.2, 0.25) is 0 Å². The first-order valence-electron chi connectivity index (χ1n) is 6.41.